The molecular weight excluding hydrogens is 276 g/mol. The van der Waals surface area contributed by atoms with Gasteiger partial charge in [-0.1, -0.05) is 26.2 Å². The minimum atomic E-state index is -0.773. The van der Waals surface area contributed by atoms with Crippen LogP contribution in [-0.2, 0) is 0 Å². The Kier molecular flexibility index (Phi) is 6.30. The van der Waals surface area contributed by atoms with Crippen molar-refractivity contribution in [3.8, 4) is 0 Å². The SMILES string of the molecule is CCNC(CSc1ccc(F)c(F)c1)C1CCCCC1. The van der Waals surface area contributed by atoms with E-state index in [1.807, 2.05) is 0 Å². The Bertz CT molecular complexity index is 419. The Morgan fingerprint density at radius 3 is 2.60 bits per heavy atom. The molecule has 4 heteroatoms. The van der Waals surface area contributed by atoms with E-state index in [1.165, 1.54) is 44.2 Å². The van der Waals surface area contributed by atoms with Crippen LogP contribution in [0.3, 0.4) is 0 Å². The minimum Gasteiger partial charge on any atom is -0.313 e. The topological polar surface area (TPSA) is 12.0 Å². The molecule has 1 fully saturated rings. The van der Waals surface area contributed by atoms with Crippen LogP contribution in [0.2, 0.25) is 0 Å². The molecule has 112 valence electrons. The Morgan fingerprint density at radius 1 is 1.20 bits per heavy atom. The molecule has 0 aromatic heterocycles. The fraction of sp³-hybridized carbons (Fsp3) is 0.625. The van der Waals surface area contributed by atoms with Crippen LogP contribution in [0.15, 0.2) is 23.1 Å². The molecule has 0 spiro atoms. The minimum absolute atomic E-state index is 0.471. The predicted molar refractivity (Wildman–Crippen MR) is 81.1 cm³/mol. The molecule has 0 bridgehead atoms. The molecule has 2 rings (SSSR count). The summed E-state index contributed by atoms with van der Waals surface area (Å²) in [6, 6.07) is 4.63. The summed E-state index contributed by atoms with van der Waals surface area (Å²) < 4.78 is 26.1. The Morgan fingerprint density at radius 2 is 1.95 bits per heavy atom. The third-order valence-corrected chi connectivity index (χ3v) is 5.12. The fourth-order valence-electron chi connectivity index (χ4n) is 2.91. The monoisotopic (exact) mass is 299 g/mol. The lowest BCUT2D eigenvalue weighted by molar-refractivity contribution is 0.288. The average Bonchev–Trinajstić information content (AvgIpc) is 2.48. The van der Waals surface area contributed by atoms with Gasteiger partial charge in [0.1, 0.15) is 0 Å². The van der Waals surface area contributed by atoms with Crippen LogP contribution in [0.5, 0.6) is 0 Å². The van der Waals surface area contributed by atoms with Crippen molar-refractivity contribution in [3.63, 3.8) is 0 Å². The molecule has 1 aromatic carbocycles. The lowest BCUT2D eigenvalue weighted by atomic mass is 9.84. The van der Waals surface area contributed by atoms with Crippen molar-refractivity contribution < 1.29 is 8.78 Å². The summed E-state index contributed by atoms with van der Waals surface area (Å²) in [4.78, 5) is 0.808. The van der Waals surface area contributed by atoms with Gasteiger partial charge in [-0.15, -0.1) is 11.8 Å². The lowest BCUT2D eigenvalue weighted by Gasteiger charge is -2.30. The number of hydrogen-bond donors (Lipinski definition) is 1. The first kappa shape index (κ1) is 15.8. The summed E-state index contributed by atoms with van der Waals surface area (Å²) >= 11 is 1.62. The van der Waals surface area contributed by atoms with E-state index in [-0.39, 0.29) is 0 Å². The zero-order valence-electron chi connectivity index (χ0n) is 12.0. The molecule has 0 saturated heterocycles. The largest absolute Gasteiger partial charge is 0.313 e. The van der Waals surface area contributed by atoms with Gasteiger partial charge >= 0.3 is 0 Å². The standard InChI is InChI=1S/C16H23F2NS/c1-2-19-16(12-6-4-3-5-7-12)11-20-13-8-9-14(17)15(18)10-13/h8-10,12,16,19H,2-7,11H2,1H3. The molecule has 1 aliphatic carbocycles. The van der Waals surface area contributed by atoms with Crippen LogP contribution >= 0.6 is 11.8 Å². The molecule has 0 amide bonds. The molecular formula is C16H23F2NS. The van der Waals surface area contributed by atoms with Crippen LogP contribution in [0.25, 0.3) is 0 Å². The third-order valence-electron chi connectivity index (χ3n) is 4.01. The summed E-state index contributed by atoms with van der Waals surface area (Å²) in [5.41, 5.74) is 0. The van der Waals surface area contributed by atoms with Crippen molar-refractivity contribution in [1.29, 1.82) is 0 Å². The van der Waals surface area contributed by atoms with Crippen LogP contribution in [0.4, 0.5) is 8.78 Å². The van der Waals surface area contributed by atoms with E-state index in [9.17, 15) is 8.78 Å². The van der Waals surface area contributed by atoms with Crippen molar-refractivity contribution in [2.75, 3.05) is 12.3 Å². The van der Waals surface area contributed by atoms with Crippen molar-refractivity contribution in [2.24, 2.45) is 5.92 Å². The van der Waals surface area contributed by atoms with E-state index in [0.717, 1.165) is 23.1 Å². The van der Waals surface area contributed by atoms with Gasteiger partial charge in [-0.2, -0.15) is 0 Å². The first-order valence-corrected chi connectivity index (χ1v) is 8.50. The van der Waals surface area contributed by atoms with Gasteiger partial charge in [0.25, 0.3) is 0 Å². The lowest BCUT2D eigenvalue weighted by Crippen LogP contribution is -2.39. The van der Waals surface area contributed by atoms with Gasteiger partial charge in [-0.05, 0) is 43.5 Å². The normalized spacial score (nSPS) is 18.1. The van der Waals surface area contributed by atoms with E-state index < -0.39 is 11.6 Å². The first-order valence-electron chi connectivity index (χ1n) is 7.52. The molecule has 1 aromatic rings. The van der Waals surface area contributed by atoms with E-state index in [4.69, 9.17) is 0 Å². The summed E-state index contributed by atoms with van der Waals surface area (Å²) in [5, 5.41) is 3.56. The quantitative estimate of drug-likeness (QED) is 0.770. The predicted octanol–water partition coefficient (Wildman–Crippen LogP) is 4.62. The van der Waals surface area contributed by atoms with Crippen LogP contribution in [-0.4, -0.2) is 18.3 Å². The van der Waals surface area contributed by atoms with Crippen LogP contribution in [0, 0.1) is 17.6 Å². The highest BCUT2D eigenvalue weighted by Gasteiger charge is 2.23. The number of nitrogens with one attached hydrogen (secondary N) is 1. The van der Waals surface area contributed by atoms with Gasteiger partial charge in [0, 0.05) is 16.7 Å². The maximum absolute atomic E-state index is 13.2. The third kappa shape index (κ3) is 4.45. The molecule has 0 radical (unpaired) electrons. The van der Waals surface area contributed by atoms with E-state index in [1.54, 1.807) is 17.8 Å². The Balaban J connectivity index is 1.91. The second kappa shape index (κ2) is 7.99. The van der Waals surface area contributed by atoms with E-state index >= 15 is 0 Å². The van der Waals surface area contributed by atoms with Crippen molar-refractivity contribution in [1.82, 2.24) is 5.32 Å². The molecule has 1 saturated carbocycles. The van der Waals surface area contributed by atoms with Crippen molar-refractivity contribution in [2.45, 2.75) is 50.0 Å². The highest BCUT2D eigenvalue weighted by atomic mass is 32.2. The van der Waals surface area contributed by atoms with Crippen molar-refractivity contribution in [3.05, 3.63) is 29.8 Å². The average molecular weight is 299 g/mol. The van der Waals surface area contributed by atoms with E-state index in [0.29, 0.717) is 6.04 Å². The second-order valence-corrected chi connectivity index (χ2v) is 6.54. The molecule has 0 aliphatic heterocycles. The summed E-state index contributed by atoms with van der Waals surface area (Å²) in [5.74, 6) is 0.114. The summed E-state index contributed by atoms with van der Waals surface area (Å²) in [6.45, 7) is 3.08. The van der Waals surface area contributed by atoms with Crippen LogP contribution < -0.4 is 5.32 Å². The van der Waals surface area contributed by atoms with Gasteiger partial charge in [0.05, 0.1) is 0 Å². The summed E-state index contributed by atoms with van der Waals surface area (Å²) in [7, 11) is 0. The maximum atomic E-state index is 13.2. The molecule has 1 N–H and O–H groups in total. The molecule has 1 atom stereocenters. The molecule has 0 heterocycles. The molecule has 1 aliphatic rings. The molecule has 1 nitrogen and oxygen atoms in total. The highest BCUT2D eigenvalue weighted by molar-refractivity contribution is 7.99. The Labute approximate surface area is 124 Å². The van der Waals surface area contributed by atoms with Gasteiger partial charge < -0.3 is 5.32 Å². The van der Waals surface area contributed by atoms with Crippen molar-refractivity contribution >= 4 is 11.8 Å². The van der Waals surface area contributed by atoms with Gasteiger partial charge in [-0.3, -0.25) is 0 Å². The maximum Gasteiger partial charge on any atom is 0.159 e. The number of hydrogen-bond acceptors (Lipinski definition) is 2. The molecule has 1 unspecified atom stereocenters. The Hall–Kier alpha value is -0.610. The fourth-order valence-corrected chi connectivity index (χ4v) is 4.03. The number of rotatable bonds is 6. The van der Waals surface area contributed by atoms with Gasteiger partial charge in [-0.25, -0.2) is 8.78 Å². The van der Waals surface area contributed by atoms with Gasteiger partial charge in [0.2, 0.25) is 0 Å². The van der Waals surface area contributed by atoms with Crippen LogP contribution in [0.1, 0.15) is 39.0 Å². The first-order chi connectivity index (χ1) is 9.70. The van der Waals surface area contributed by atoms with E-state index in [2.05, 4.69) is 12.2 Å². The summed E-state index contributed by atoms with van der Waals surface area (Å²) in [6.07, 6.45) is 6.57. The number of thioether (sulfide) groups is 1. The number of benzene rings is 1. The smallest absolute Gasteiger partial charge is 0.159 e. The van der Waals surface area contributed by atoms with Gasteiger partial charge in [0.15, 0.2) is 11.6 Å². The second-order valence-electron chi connectivity index (χ2n) is 5.45. The molecule has 20 heavy (non-hydrogen) atoms. The number of halogens is 2. The zero-order chi connectivity index (χ0) is 14.4. The zero-order valence-corrected chi connectivity index (χ0v) is 12.8. The highest BCUT2D eigenvalue weighted by Crippen LogP contribution is 2.30.